The zero-order valence-corrected chi connectivity index (χ0v) is 10.9. The fraction of sp³-hybridized carbons (Fsp3) is 0.333. The van der Waals surface area contributed by atoms with Gasteiger partial charge in [0.2, 0.25) is 0 Å². The fourth-order valence-electron chi connectivity index (χ4n) is 1.78. The molecule has 2 rings (SSSR count). The average Bonchev–Trinajstić information content (AvgIpc) is 2.40. The number of nitrogens with two attached hydrogens (primary N) is 1. The normalized spacial score (nSPS) is 12.4. The molecule has 1 heterocycles. The molecule has 18 heavy (non-hydrogen) atoms. The first-order valence-electron chi connectivity index (χ1n) is 6.28. The predicted molar refractivity (Wildman–Crippen MR) is 74.1 cm³/mol. The van der Waals surface area contributed by atoms with Gasteiger partial charge in [0.05, 0.1) is 5.69 Å². The number of aryl methyl sites for hydroxylation is 1. The average molecular weight is 241 g/mol. The summed E-state index contributed by atoms with van der Waals surface area (Å²) in [7, 11) is 0. The van der Waals surface area contributed by atoms with E-state index in [1.54, 1.807) is 0 Å². The van der Waals surface area contributed by atoms with Crippen LogP contribution in [0.3, 0.4) is 0 Å². The molecule has 2 N–H and O–H groups in total. The quantitative estimate of drug-likeness (QED) is 0.895. The van der Waals surface area contributed by atoms with Crippen molar-refractivity contribution in [2.75, 3.05) is 6.54 Å². The van der Waals surface area contributed by atoms with Crippen molar-refractivity contribution in [2.24, 2.45) is 11.7 Å². The van der Waals surface area contributed by atoms with Gasteiger partial charge in [0.1, 0.15) is 5.82 Å². The van der Waals surface area contributed by atoms with E-state index in [1.807, 2.05) is 12.3 Å². The van der Waals surface area contributed by atoms with Gasteiger partial charge in [0, 0.05) is 18.2 Å². The second-order valence-electron chi connectivity index (χ2n) is 4.77. The van der Waals surface area contributed by atoms with Crippen molar-refractivity contribution in [2.45, 2.75) is 20.3 Å². The molecule has 3 heteroatoms. The smallest absolute Gasteiger partial charge is 0.129 e. The minimum Gasteiger partial charge on any atom is -0.330 e. The highest BCUT2D eigenvalue weighted by molar-refractivity contribution is 5.58. The SMILES string of the molecule is Cc1ccc(-c2ccnc(CC(C)CN)n2)cc1. The maximum absolute atomic E-state index is 5.63. The van der Waals surface area contributed by atoms with Gasteiger partial charge in [-0.1, -0.05) is 36.8 Å². The first kappa shape index (κ1) is 12.7. The summed E-state index contributed by atoms with van der Waals surface area (Å²) in [6, 6.07) is 10.3. The summed E-state index contributed by atoms with van der Waals surface area (Å²) in [5.41, 5.74) is 8.99. The number of nitrogens with zero attached hydrogens (tertiary/aromatic N) is 2. The second-order valence-corrected chi connectivity index (χ2v) is 4.77. The maximum atomic E-state index is 5.63. The van der Waals surface area contributed by atoms with E-state index in [0.717, 1.165) is 23.5 Å². The van der Waals surface area contributed by atoms with Gasteiger partial charge in [-0.05, 0) is 25.5 Å². The molecule has 0 aliphatic rings. The van der Waals surface area contributed by atoms with E-state index < -0.39 is 0 Å². The molecule has 0 amide bonds. The Balaban J connectivity index is 2.24. The Kier molecular flexibility index (Phi) is 4.05. The van der Waals surface area contributed by atoms with Crippen molar-refractivity contribution in [1.29, 1.82) is 0 Å². The molecule has 2 aromatic rings. The van der Waals surface area contributed by atoms with Gasteiger partial charge < -0.3 is 5.73 Å². The van der Waals surface area contributed by atoms with Crippen LogP contribution in [0.1, 0.15) is 18.3 Å². The zero-order chi connectivity index (χ0) is 13.0. The molecule has 0 saturated heterocycles. The van der Waals surface area contributed by atoms with Crippen LogP contribution in [0.15, 0.2) is 36.5 Å². The third-order valence-corrected chi connectivity index (χ3v) is 2.99. The van der Waals surface area contributed by atoms with Crippen molar-refractivity contribution in [1.82, 2.24) is 9.97 Å². The molecule has 3 nitrogen and oxygen atoms in total. The number of aromatic nitrogens is 2. The van der Waals surface area contributed by atoms with E-state index in [-0.39, 0.29) is 0 Å². The summed E-state index contributed by atoms with van der Waals surface area (Å²) in [6.07, 6.45) is 2.65. The van der Waals surface area contributed by atoms with Crippen LogP contribution in [0.5, 0.6) is 0 Å². The molecule has 1 unspecified atom stereocenters. The summed E-state index contributed by atoms with van der Waals surface area (Å²) in [5.74, 6) is 1.28. The lowest BCUT2D eigenvalue weighted by molar-refractivity contribution is 0.574. The van der Waals surface area contributed by atoms with E-state index in [2.05, 4.69) is 48.1 Å². The number of hydrogen-bond acceptors (Lipinski definition) is 3. The van der Waals surface area contributed by atoms with Crippen LogP contribution in [-0.2, 0) is 6.42 Å². The molecule has 0 fully saturated rings. The lowest BCUT2D eigenvalue weighted by atomic mass is 10.1. The van der Waals surface area contributed by atoms with Crippen LogP contribution in [0.4, 0.5) is 0 Å². The molecule has 0 aliphatic carbocycles. The molecule has 0 spiro atoms. The van der Waals surface area contributed by atoms with E-state index in [1.165, 1.54) is 5.56 Å². The van der Waals surface area contributed by atoms with Crippen molar-refractivity contribution < 1.29 is 0 Å². The van der Waals surface area contributed by atoms with Crippen molar-refractivity contribution >= 4 is 0 Å². The van der Waals surface area contributed by atoms with E-state index in [0.29, 0.717) is 12.5 Å². The minimum absolute atomic E-state index is 0.415. The van der Waals surface area contributed by atoms with E-state index >= 15 is 0 Å². The highest BCUT2D eigenvalue weighted by Crippen LogP contribution is 2.17. The summed E-state index contributed by atoms with van der Waals surface area (Å²) in [4.78, 5) is 8.90. The lowest BCUT2D eigenvalue weighted by Crippen LogP contribution is -2.14. The molecule has 1 atom stereocenters. The van der Waals surface area contributed by atoms with Gasteiger partial charge in [-0.15, -0.1) is 0 Å². The fourth-order valence-corrected chi connectivity index (χ4v) is 1.78. The Morgan fingerprint density at radius 2 is 1.89 bits per heavy atom. The number of hydrogen-bond donors (Lipinski definition) is 1. The molecular formula is C15H19N3. The van der Waals surface area contributed by atoms with E-state index in [9.17, 15) is 0 Å². The van der Waals surface area contributed by atoms with Crippen molar-refractivity contribution in [3.05, 3.63) is 47.9 Å². The Morgan fingerprint density at radius 3 is 2.56 bits per heavy atom. The van der Waals surface area contributed by atoms with Crippen LogP contribution in [0.25, 0.3) is 11.3 Å². The first-order chi connectivity index (χ1) is 8.69. The van der Waals surface area contributed by atoms with Crippen LogP contribution < -0.4 is 5.73 Å². The van der Waals surface area contributed by atoms with Gasteiger partial charge in [-0.25, -0.2) is 9.97 Å². The van der Waals surface area contributed by atoms with Crippen molar-refractivity contribution in [3.63, 3.8) is 0 Å². The third kappa shape index (κ3) is 3.14. The van der Waals surface area contributed by atoms with Gasteiger partial charge in [0.15, 0.2) is 0 Å². The van der Waals surface area contributed by atoms with Gasteiger partial charge in [-0.2, -0.15) is 0 Å². The monoisotopic (exact) mass is 241 g/mol. The van der Waals surface area contributed by atoms with Gasteiger partial charge in [-0.3, -0.25) is 0 Å². The third-order valence-electron chi connectivity index (χ3n) is 2.99. The summed E-state index contributed by atoms with van der Waals surface area (Å²) >= 11 is 0. The van der Waals surface area contributed by atoms with Crippen LogP contribution >= 0.6 is 0 Å². The first-order valence-corrected chi connectivity index (χ1v) is 6.28. The zero-order valence-electron chi connectivity index (χ0n) is 10.9. The number of benzene rings is 1. The predicted octanol–water partition coefficient (Wildman–Crippen LogP) is 2.59. The molecule has 94 valence electrons. The van der Waals surface area contributed by atoms with Crippen molar-refractivity contribution in [3.8, 4) is 11.3 Å². The summed E-state index contributed by atoms with van der Waals surface area (Å²) in [6.45, 7) is 4.86. The summed E-state index contributed by atoms with van der Waals surface area (Å²) < 4.78 is 0. The molecule has 1 aromatic carbocycles. The van der Waals surface area contributed by atoms with Gasteiger partial charge in [0.25, 0.3) is 0 Å². The Morgan fingerprint density at radius 1 is 1.17 bits per heavy atom. The molecular weight excluding hydrogens is 222 g/mol. The van der Waals surface area contributed by atoms with Crippen LogP contribution in [-0.4, -0.2) is 16.5 Å². The lowest BCUT2D eigenvalue weighted by Gasteiger charge is -2.08. The van der Waals surface area contributed by atoms with E-state index in [4.69, 9.17) is 5.73 Å². The maximum Gasteiger partial charge on any atom is 0.129 e. The number of rotatable bonds is 4. The molecule has 0 bridgehead atoms. The summed E-state index contributed by atoms with van der Waals surface area (Å²) in [5, 5.41) is 0. The second kappa shape index (κ2) is 5.74. The molecule has 1 aromatic heterocycles. The Hall–Kier alpha value is -1.74. The Labute approximate surface area is 108 Å². The standard InChI is InChI=1S/C15H19N3/c1-11-3-5-13(6-4-11)14-7-8-17-15(18-14)9-12(2)10-16/h3-8,12H,9-10,16H2,1-2H3. The molecule has 0 aliphatic heterocycles. The highest BCUT2D eigenvalue weighted by Gasteiger charge is 2.06. The molecule has 0 saturated carbocycles. The van der Waals surface area contributed by atoms with Crippen LogP contribution in [0, 0.1) is 12.8 Å². The highest BCUT2D eigenvalue weighted by atomic mass is 14.9. The minimum atomic E-state index is 0.415. The van der Waals surface area contributed by atoms with Gasteiger partial charge >= 0.3 is 0 Å². The van der Waals surface area contributed by atoms with Crippen LogP contribution in [0.2, 0.25) is 0 Å². The largest absolute Gasteiger partial charge is 0.330 e. The Bertz CT molecular complexity index is 505. The molecule has 0 radical (unpaired) electrons. The topological polar surface area (TPSA) is 51.8 Å².